The van der Waals surface area contributed by atoms with Gasteiger partial charge in [0.15, 0.2) is 5.82 Å². The van der Waals surface area contributed by atoms with Crippen molar-refractivity contribution in [3.05, 3.63) is 53.9 Å². The lowest BCUT2D eigenvalue weighted by atomic mass is 10.1. The second kappa shape index (κ2) is 7.93. The second-order valence-corrected chi connectivity index (χ2v) is 6.97. The predicted octanol–water partition coefficient (Wildman–Crippen LogP) is 4.29. The predicted molar refractivity (Wildman–Crippen MR) is 104 cm³/mol. The smallest absolute Gasteiger partial charge is 0.416 e. The minimum Gasteiger partial charge on any atom is -0.497 e. The monoisotopic (exact) mass is 433 g/mol. The van der Waals surface area contributed by atoms with Crippen molar-refractivity contribution in [1.82, 2.24) is 10.1 Å². The van der Waals surface area contributed by atoms with Gasteiger partial charge in [-0.05, 0) is 36.4 Å². The van der Waals surface area contributed by atoms with Crippen molar-refractivity contribution >= 4 is 11.6 Å². The number of nitrogens with zero attached hydrogens (tertiary/aromatic N) is 3. The van der Waals surface area contributed by atoms with E-state index < -0.39 is 11.7 Å². The summed E-state index contributed by atoms with van der Waals surface area (Å²) in [5.74, 6) is 1.09. The van der Waals surface area contributed by atoms with Crippen LogP contribution in [0.4, 0.5) is 18.9 Å². The third-order valence-electron chi connectivity index (χ3n) is 5.08. The van der Waals surface area contributed by atoms with E-state index in [-0.39, 0.29) is 30.7 Å². The van der Waals surface area contributed by atoms with Gasteiger partial charge in [-0.15, -0.1) is 0 Å². The highest BCUT2D eigenvalue weighted by atomic mass is 19.4. The molecule has 0 radical (unpaired) electrons. The number of aromatic nitrogens is 2. The molecule has 2 aromatic carbocycles. The van der Waals surface area contributed by atoms with Crippen LogP contribution in [0, 0.1) is 0 Å². The van der Waals surface area contributed by atoms with Gasteiger partial charge < -0.3 is 18.9 Å². The molecule has 10 heteroatoms. The third-order valence-corrected chi connectivity index (χ3v) is 5.08. The Morgan fingerprint density at radius 1 is 1.10 bits per heavy atom. The van der Waals surface area contributed by atoms with Gasteiger partial charge in [0.1, 0.15) is 11.5 Å². The molecule has 0 saturated carbocycles. The molecule has 1 amide bonds. The van der Waals surface area contributed by atoms with E-state index in [9.17, 15) is 18.0 Å². The third kappa shape index (κ3) is 4.05. The number of alkyl halides is 3. The average molecular weight is 433 g/mol. The number of benzene rings is 2. The van der Waals surface area contributed by atoms with E-state index in [1.54, 1.807) is 25.3 Å². The van der Waals surface area contributed by atoms with E-state index in [0.29, 0.717) is 28.6 Å². The molecule has 0 bridgehead atoms. The summed E-state index contributed by atoms with van der Waals surface area (Å²) in [5.41, 5.74) is 0.197. The topological polar surface area (TPSA) is 77.7 Å². The average Bonchev–Trinajstić information content (AvgIpc) is 3.39. The highest BCUT2D eigenvalue weighted by Crippen LogP contribution is 2.36. The van der Waals surface area contributed by atoms with Gasteiger partial charge in [-0.1, -0.05) is 5.16 Å². The summed E-state index contributed by atoms with van der Waals surface area (Å²) in [4.78, 5) is 18.3. The molecule has 1 aromatic heterocycles. The zero-order valence-electron chi connectivity index (χ0n) is 16.6. The van der Waals surface area contributed by atoms with Crippen LogP contribution in [-0.4, -0.2) is 36.8 Å². The van der Waals surface area contributed by atoms with Crippen molar-refractivity contribution in [3.63, 3.8) is 0 Å². The highest BCUT2D eigenvalue weighted by Gasteiger charge is 2.36. The molecule has 1 fully saturated rings. The standard InChI is InChI=1S/C21H18F3N3O4/c1-29-15-7-8-16(17(10-15)30-2)20-25-19(26-31-20)12-9-18(28)27(11-12)14-5-3-13(4-6-14)21(22,23)24/h3-8,10,12H,9,11H2,1-2H3. The van der Waals surface area contributed by atoms with Crippen molar-refractivity contribution in [2.75, 3.05) is 25.7 Å². The molecule has 0 aliphatic carbocycles. The zero-order valence-corrected chi connectivity index (χ0v) is 16.6. The molecule has 3 aromatic rings. The minimum atomic E-state index is -4.43. The maximum atomic E-state index is 12.8. The van der Waals surface area contributed by atoms with Crippen LogP contribution in [0.15, 0.2) is 47.0 Å². The van der Waals surface area contributed by atoms with Crippen LogP contribution in [0.3, 0.4) is 0 Å². The molecule has 1 aliphatic rings. The molecule has 0 N–H and O–H groups in total. The molecule has 7 nitrogen and oxygen atoms in total. The zero-order chi connectivity index (χ0) is 22.2. The van der Waals surface area contributed by atoms with Crippen molar-refractivity contribution in [2.45, 2.75) is 18.5 Å². The Morgan fingerprint density at radius 2 is 1.84 bits per heavy atom. The SMILES string of the molecule is COc1ccc(-c2nc(C3CC(=O)N(c4ccc(C(F)(F)F)cc4)C3)no2)c(OC)c1. The number of methoxy groups -OCH3 is 2. The first-order chi connectivity index (χ1) is 14.8. The molecule has 2 heterocycles. The van der Waals surface area contributed by atoms with Crippen LogP contribution in [0.1, 0.15) is 23.7 Å². The fraction of sp³-hybridized carbons (Fsp3) is 0.286. The molecular weight excluding hydrogens is 415 g/mol. The number of ether oxygens (including phenoxy) is 2. The summed E-state index contributed by atoms with van der Waals surface area (Å²) in [6.45, 7) is 0.239. The summed E-state index contributed by atoms with van der Waals surface area (Å²) in [7, 11) is 3.05. The Labute approximate surface area is 175 Å². The Bertz CT molecular complexity index is 1100. The fourth-order valence-electron chi connectivity index (χ4n) is 3.45. The van der Waals surface area contributed by atoms with E-state index in [0.717, 1.165) is 12.1 Å². The Kier molecular flexibility index (Phi) is 5.30. The van der Waals surface area contributed by atoms with Crippen molar-refractivity contribution in [2.24, 2.45) is 0 Å². The highest BCUT2D eigenvalue weighted by molar-refractivity contribution is 5.96. The number of halogens is 3. The summed E-state index contributed by atoms with van der Waals surface area (Å²) in [5, 5.41) is 4.00. The number of amides is 1. The van der Waals surface area contributed by atoms with Gasteiger partial charge in [0, 0.05) is 30.6 Å². The van der Waals surface area contributed by atoms with Gasteiger partial charge in [0.05, 0.1) is 25.3 Å². The molecule has 1 atom stereocenters. The number of hydrogen-bond acceptors (Lipinski definition) is 6. The number of hydrogen-bond donors (Lipinski definition) is 0. The number of carbonyl (C=O) groups is 1. The van der Waals surface area contributed by atoms with Crippen LogP contribution >= 0.6 is 0 Å². The Balaban J connectivity index is 1.54. The van der Waals surface area contributed by atoms with Gasteiger partial charge in [-0.3, -0.25) is 4.79 Å². The number of anilines is 1. The van der Waals surface area contributed by atoms with Gasteiger partial charge in [0.2, 0.25) is 5.91 Å². The Hall–Kier alpha value is -3.56. The van der Waals surface area contributed by atoms with Crippen molar-refractivity contribution in [1.29, 1.82) is 0 Å². The van der Waals surface area contributed by atoms with E-state index in [2.05, 4.69) is 10.1 Å². The van der Waals surface area contributed by atoms with Gasteiger partial charge in [-0.2, -0.15) is 18.2 Å². The van der Waals surface area contributed by atoms with Crippen LogP contribution in [-0.2, 0) is 11.0 Å². The normalized spacial score (nSPS) is 16.6. The second-order valence-electron chi connectivity index (χ2n) is 6.97. The van der Waals surface area contributed by atoms with E-state index in [1.165, 1.54) is 24.1 Å². The summed E-state index contributed by atoms with van der Waals surface area (Å²) in [6.07, 6.45) is -4.31. The quantitative estimate of drug-likeness (QED) is 0.597. The molecule has 31 heavy (non-hydrogen) atoms. The first kappa shape index (κ1) is 20.7. The molecule has 1 saturated heterocycles. The lowest BCUT2D eigenvalue weighted by molar-refractivity contribution is -0.137. The number of rotatable bonds is 5. The molecule has 0 spiro atoms. The molecular formula is C21H18F3N3O4. The van der Waals surface area contributed by atoms with E-state index >= 15 is 0 Å². The van der Waals surface area contributed by atoms with Crippen LogP contribution < -0.4 is 14.4 Å². The lowest BCUT2D eigenvalue weighted by Gasteiger charge is -2.17. The summed E-state index contributed by atoms with van der Waals surface area (Å²) < 4.78 is 54.2. The van der Waals surface area contributed by atoms with Crippen LogP contribution in [0.5, 0.6) is 11.5 Å². The van der Waals surface area contributed by atoms with Crippen LogP contribution in [0.2, 0.25) is 0 Å². The van der Waals surface area contributed by atoms with E-state index in [4.69, 9.17) is 14.0 Å². The van der Waals surface area contributed by atoms with Gasteiger partial charge in [-0.25, -0.2) is 0 Å². The molecule has 4 rings (SSSR count). The number of carbonyl (C=O) groups excluding carboxylic acids is 1. The first-order valence-electron chi connectivity index (χ1n) is 9.33. The van der Waals surface area contributed by atoms with Gasteiger partial charge >= 0.3 is 6.18 Å². The Morgan fingerprint density at radius 3 is 2.48 bits per heavy atom. The largest absolute Gasteiger partial charge is 0.497 e. The van der Waals surface area contributed by atoms with Crippen molar-refractivity contribution in [3.8, 4) is 23.0 Å². The van der Waals surface area contributed by atoms with E-state index in [1.807, 2.05) is 0 Å². The maximum absolute atomic E-state index is 12.8. The van der Waals surface area contributed by atoms with Crippen LogP contribution in [0.25, 0.3) is 11.5 Å². The minimum absolute atomic E-state index is 0.125. The maximum Gasteiger partial charge on any atom is 0.416 e. The first-order valence-corrected chi connectivity index (χ1v) is 9.33. The molecule has 1 unspecified atom stereocenters. The van der Waals surface area contributed by atoms with Crippen molar-refractivity contribution < 1.29 is 32.0 Å². The fourth-order valence-corrected chi connectivity index (χ4v) is 3.45. The van der Waals surface area contributed by atoms with Gasteiger partial charge in [0.25, 0.3) is 5.89 Å². The summed E-state index contributed by atoms with van der Waals surface area (Å²) in [6, 6.07) is 9.62. The summed E-state index contributed by atoms with van der Waals surface area (Å²) >= 11 is 0. The lowest BCUT2D eigenvalue weighted by Crippen LogP contribution is -2.24. The molecule has 1 aliphatic heterocycles. The molecule has 162 valence electrons.